The number of aliphatic hydroxyl groups excluding tert-OH is 1. The first-order valence-corrected chi connectivity index (χ1v) is 6.15. The van der Waals surface area contributed by atoms with Crippen molar-refractivity contribution in [3.05, 3.63) is 10.6 Å². The van der Waals surface area contributed by atoms with E-state index >= 15 is 0 Å². The number of hydrogen-bond donors (Lipinski definition) is 1. The van der Waals surface area contributed by atoms with Crippen LogP contribution in [0, 0.1) is 12.3 Å². The molecule has 1 aliphatic heterocycles. The highest BCUT2D eigenvalue weighted by molar-refractivity contribution is 7.15. The molecule has 2 heterocycles. The summed E-state index contributed by atoms with van der Waals surface area (Å²) in [6, 6.07) is 0. The summed E-state index contributed by atoms with van der Waals surface area (Å²) >= 11 is 1.62. The van der Waals surface area contributed by atoms with Crippen LogP contribution in [-0.2, 0) is 6.61 Å². The number of anilines is 1. The molecular formula is C11H18N2OS. The van der Waals surface area contributed by atoms with E-state index in [1.54, 1.807) is 11.3 Å². The summed E-state index contributed by atoms with van der Waals surface area (Å²) in [5.74, 6) is 0. The lowest BCUT2D eigenvalue weighted by atomic mass is 9.93. The van der Waals surface area contributed by atoms with E-state index in [1.807, 2.05) is 6.92 Å². The van der Waals surface area contributed by atoms with Gasteiger partial charge in [-0.1, -0.05) is 25.2 Å². The van der Waals surface area contributed by atoms with Crippen molar-refractivity contribution in [3.8, 4) is 0 Å². The van der Waals surface area contributed by atoms with E-state index in [-0.39, 0.29) is 6.61 Å². The summed E-state index contributed by atoms with van der Waals surface area (Å²) in [7, 11) is 0. The maximum Gasteiger partial charge on any atom is 0.185 e. The Hall–Kier alpha value is -0.610. The highest BCUT2D eigenvalue weighted by atomic mass is 32.1. The Morgan fingerprint density at radius 2 is 2.27 bits per heavy atom. The highest BCUT2D eigenvalue weighted by Crippen LogP contribution is 2.35. The summed E-state index contributed by atoms with van der Waals surface area (Å²) in [6.45, 7) is 8.82. The predicted octanol–water partition coefficient (Wildman–Crippen LogP) is 2.18. The first-order valence-electron chi connectivity index (χ1n) is 5.34. The number of thiazole rings is 1. The number of aryl methyl sites for hydroxylation is 1. The maximum absolute atomic E-state index is 9.13. The molecule has 0 amide bonds. The van der Waals surface area contributed by atoms with Crippen LogP contribution in [0.5, 0.6) is 0 Å². The fourth-order valence-corrected chi connectivity index (χ4v) is 2.92. The molecule has 1 aromatic rings. The summed E-state index contributed by atoms with van der Waals surface area (Å²) in [5, 5.41) is 10.2. The van der Waals surface area contributed by atoms with Gasteiger partial charge in [-0.15, -0.1) is 0 Å². The number of aromatic nitrogens is 1. The van der Waals surface area contributed by atoms with Gasteiger partial charge in [0.25, 0.3) is 0 Å². The Kier molecular flexibility index (Phi) is 2.73. The molecule has 0 unspecified atom stereocenters. The molecule has 0 aromatic carbocycles. The van der Waals surface area contributed by atoms with Gasteiger partial charge >= 0.3 is 0 Å². The topological polar surface area (TPSA) is 36.4 Å². The molecule has 84 valence electrons. The minimum atomic E-state index is 0.112. The third kappa shape index (κ3) is 2.16. The van der Waals surface area contributed by atoms with Crippen molar-refractivity contribution in [3.63, 3.8) is 0 Å². The van der Waals surface area contributed by atoms with Crippen molar-refractivity contribution in [2.75, 3.05) is 18.0 Å². The van der Waals surface area contributed by atoms with Gasteiger partial charge in [0, 0.05) is 13.1 Å². The van der Waals surface area contributed by atoms with E-state index < -0.39 is 0 Å². The number of nitrogens with zero attached hydrogens (tertiary/aromatic N) is 2. The molecule has 0 aliphatic carbocycles. The summed E-state index contributed by atoms with van der Waals surface area (Å²) in [5.41, 5.74) is 1.38. The number of hydrogen-bond acceptors (Lipinski definition) is 4. The van der Waals surface area contributed by atoms with Crippen molar-refractivity contribution in [1.82, 2.24) is 4.98 Å². The van der Waals surface area contributed by atoms with Gasteiger partial charge in [-0.25, -0.2) is 4.98 Å². The fourth-order valence-electron chi connectivity index (χ4n) is 1.97. The van der Waals surface area contributed by atoms with Gasteiger partial charge < -0.3 is 10.0 Å². The second kappa shape index (κ2) is 3.76. The zero-order valence-corrected chi connectivity index (χ0v) is 10.4. The molecule has 1 aliphatic rings. The van der Waals surface area contributed by atoms with Gasteiger partial charge in [-0.3, -0.25) is 0 Å². The first kappa shape index (κ1) is 10.9. The van der Waals surface area contributed by atoms with Crippen molar-refractivity contribution in [2.24, 2.45) is 5.41 Å². The van der Waals surface area contributed by atoms with Gasteiger partial charge in [-0.05, 0) is 18.8 Å². The molecule has 1 fully saturated rings. The Morgan fingerprint density at radius 3 is 2.73 bits per heavy atom. The minimum absolute atomic E-state index is 0.112. The Balaban J connectivity index is 2.17. The molecule has 3 nitrogen and oxygen atoms in total. The standard InChI is InChI=1S/C11H18N2OS/c1-8-9(6-14)15-10(12-8)13-5-4-11(2,3)7-13/h14H,4-7H2,1-3H3. The Labute approximate surface area is 94.8 Å². The second-order valence-corrected chi connectivity index (χ2v) is 6.06. The van der Waals surface area contributed by atoms with Crippen LogP contribution in [0.2, 0.25) is 0 Å². The van der Waals surface area contributed by atoms with E-state index in [1.165, 1.54) is 6.42 Å². The SMILES string of the molecule is Cc1nc(N2CCC(C)(C)C2)sc1CO. The van der Waals surface area contributed by atoms with Gasteiger partial charge in [0.15, 0.2) is 5.13 Å². The van der Waals surface area contributed by atoms with Crippen LogP contribution < -0.4 is 4.90 Å². The van der Waals surface area contributed by atoms with E-state index in [4.69, 9.17) is 5.11 Å². The molecule has 2 rings (SSSR count). The zero-order chi connectivity index (χ0) is 11.1. The van der Waals surface area contributed by atoms with Gasteiger partial charge in [0.1, 0.15) is 0 Å². The zero-order valence-electron chi connectivity index (χ0n) is 9.58. The molecule has 1 saturated heterocycles. The molecule has 0 bridgehead atoms. The third-order valence-electron chi connectivity index (χ3n) is 2.97. The van der Waals surface area contributed by atoms with E-state index in [0.717, 1.165) is 28.8 Å². The van der Waals surface area contributed by atoms with Crippen LogP contribution >= 0.6 is 11.3 Å². The monoisotopic (exact) mass is 226 g/mol. The molecule has 0 radical (unpaired) electrons. The van der Waals surface area contributed by atoms with Crippen LogP contribution in [0.15, 0.2) is 0 Å². The molecule has 15 heavy (non-hydrogen) atoms. The molecule has 0 saturated carbocycles. The highest BCUT2D eigenvalue weighted by Gasteiger charge is 2.30. The van der Waals surface area contributed by atoms with Crippen molar-refractivity contribution in [2.45, 2.75) is 33.8 Å². The molecule has 0 atom stereocenters. The smallest absolute Gasteiger partial charge is 0.185 e. The van der Waals surface area contributed by atoms with Crippen molar-refractivity contribution < 1.29 is 5.11 Å². The quantitative estimate of drug-likeness (QED) is 0.839. The minimum Gasteiger partial charge on any atom is -0.391 e. The molecule has 0 spiro atoms. The van der Waals surface area contributed by atoms with Crippen molar-refractivity contribution >= 4 is 16.5 Å². The average Bonchev–Trinajstić information content (AvgIpc) is 2.69. The maximum atomic E-state index is 9.13. The van der Waals surface area contributed by atoms with Crippen LogP contribution in [0.3, 0.4) is 0 Å². The van der Waals surface area contributed by atoms with E-state index in [0.29, 0.717) is 5.41 Å². The third-order valence-corrected chi connectivity index (χ3v) is 4.18. The van der Waals surface area contributed by atoms with Crippen LogP contribution in [0.25, 0.3) is 0 Å². The lowest BCUT2D eigenvalue weighted by Gasteiger charge is -2.18. The molecular weight excluding hydrogens is 208 g/mol. The molecule has 1 N–H and O–H groups in total. The number of rotatable bonds is 2. The predicted molar refractivity (Wildman–Crippen MR) is 63.4 cm³/mol. The summed E-state index contributed by atoms with van der Waals surface area (Å²) in [6.07, 6.45) is 1.22. The van der Waals surface area contributed by atoms with E-state index in [2.05, 4.69) is 23.7 Å². The van der Waals surface area contributed by atoms with Gasteiger partial charge in [0.2, 0.25) is 0 Å². The lowest BCUT2D eigenvalue weighted by molar-refractivity contribution is 0.284. The average molecular weight is 226 g/mol. The van der Waals surface area contributed by atoms with E-state index in [9.17, 15) is 0 Å². The van der Waals surface area contributed by atoms with Gasteiger partial charge in [-0.2, -0.15) is 0 Å². The molecule has 1 aromatic heterocycles. The Bertz CT molecular complexity index is 359. The van der Waals surface area contributed by atoms with Gasteiger partial charge in [0.05, 0.1) is 17.2 Å². The Morgan fingerprint density at radius 1 is 1.53 bits per heavy atom. The van der Waals surface area contributed by atoms with Crippen LogP contribution in [0.1, 0.15) is 30.8 Å². The van der Waals surface area contributed by atoms with Crippen LogP contribution in [0.4, 0.5) is 5.13 Å². The summed E-state index contributed by atoms with van der Waals surface area (Å²) < 4.78 is 0. The fraction of sp³-hybridized carbons (Fsp3) is 0.727. The molecule has 4 heteroatoms. The normalized spacial score (nSPS) is 19.9. The second-order valence-electron chi connectivity index (χ2n) is 5.00. The first-order chi connectivity index (χ1) is 7.02. The largest absolute Gasteiger partial charge is 0.391 e. The van der Waals surface area contributed by atoms with Crippen molar-refractivity contribution in [1.29, 1.82) is 0 Å². The van der Waals surface area contributed by atoms with Crippen LogP contribution in [-0.4, -0.2) is 23.2 Å². The number of aliphatic hydroxyl groups is 1. The summed E-state index contributed by atoms with van der Waals surface area (Å²) in [4.78, 5) is 7.84. The lowest BCUT2D eigenvalue weighted by Crippen LogP contribution is -2.22.